The van der Waals surface area contributed by atoms with Gasteiger partial charge in [-0.3, -0.25) is 0 Å². The molecule has 5 heteroatoms. The third kappa shape index (κ3) is 2.92. The fourth-order valence-electron chi connectivity index (χ4n) is 2.23. The van der Waals surface area contributed by atoms with Crippen LogP contribution in [0.3, 0.4) is 0 Å². The zero-order valence-electron chi connectivity index (χ0n) is 12.0. The van der Waals surface area contributed by atoms with Crippen LogP contribution in [0.4, 0.5) is 5.95 Å². The fourth-order valence-corrected chi connectivity index (χ4v) is 2.23. The van der Waals surface area contributed by atoms with Crippen LogP contribution in [0.1, 0.15) is 24.0 Å². The molecule has 0 atom stereocenters. The van der Waals surface area contributed by atoms with Crippen LogP contribution in [0.2, 0.25) is 0 Å². The normalized spacial score (nSPS) is 14.3. The number of rotatable bonds is 6. The number of nitrogens with one attached hydrogen (secondary N) is 1. The number of imidazole rings is 1. The average Bonchev–Trinajstić information content (AvgIpc) is 3.16. The van der Waals surface area contributed by atoms with Gasteiger partial charge in [0.1, 0.15) is 0 Å². The first-order valence-corrected chi connectivity index (χ1v) is 7.01. The predicted molar refractivity (Wildman–Crippen MR) is 77.8 cm³/mol. The second-order valence-corrected chi connectivity index (χ2v) is 5.35. The zero-order valence-corrected chi connectivity index (χ0v) is 12.0. The smallest absolute Gasteiger partial charge is 0.213 e. The summed E-state index contributed by atoms with van der Waals surface area (Å²) in [7, 11) is 1.63. The van der Waals surface area contributed by atoms with Gasteiger partial charge in [0.25, 0.3) is 0 Å². The summed E-state index contributed by atoms with van der Waals surface area (Å²) in [6, 6.07) is 1.95. The maximum Gasteiger partial charge on any atom is 0.213 e. The van der Waals surface area contributed by atoms with Crippen LogP contribution in [0.5, 0.6) is 5.88 Å². The first-order valence-electron chi connectivity index (χ1n) is 7.01. The van der Waals surface area contributed by atoms with Crippen molar-refractivity contribution < 1.29 is 4.74 Å². The number of aryl methyl sites for hydroxylation is 1. The van der Waals surface area contributed by atoms with Gasteiger partial charge in [-0.1, -0.05) is 0 Å². The molecule has 0 radical (unpaired) electrons. The summed E-state index contributed by atoms with van der Waals surface area (Å²) in [5, 5.41) is 3.39. The van der Waals surface area contributed by atoms with E-state index >= 15 is 0 Å². The lowest BCUT2D eigenvalue weighted by Crippen LogP contribution is -2.09. The number of aromatic nitrogens is 3. The molecule has 2 aromatic rings. The van der Waals surface area contributed by atoms with Gasteiger partial charge >= 0.3 is 0 Å². The Morgan fingerprint density at radius 1 is 1.40 bits per heavy atom. The second-order valence-electron chi connectivity index (χ2n) is 5.35. The van der Waals surface area contributed by atoms with Gasteiger partial charge in [-0.25, -0.2) is 9.97 Å². The van der Waals surface area contributed by atoms with E-state index in [1.54, 1.807) is 7.11 Å². The van der Waals surface area contributed by atoms with Crippen molar-refractivity contribution in [2.24, 2.45) is 5.92 Å². The van der Waals surface area contributed by atoms with E-state index in [4.69, 9.17) is 4.74 Å². The van der Waals surface area contributed by atoms with E-state index in [2.05, 4.69) is 26.8 Å². The van der Waals surface area contributed by atoms with Crippen LogP contribution in [-0.2, 0) is 13.1 Å². The summed E-state index contributed by atoms with van der Waals surface area (Å²) in [6.45, 7) is 3.87. The Labute approximate surface area is 119 Å². The van der Waals surface area contributed by atoms with E-state index < -0.39 is 0 Å². The molecule has 1 aliphatic rings. The molecular formula is C15H20N4O. The van der Waals surface area contributed by atoms with Gasteiger partial charge in [0.05, 0.1) is 7.11 Å². The Hall–Kier alpha value is -2.04. The first kappa shape index (κ1) is 13.0. The summed E-state index contributed by atoms with van der Waals surface area (Å²) >= 11 is 0. The van der Waals surface area contributed by atoms with Crippen molar-refractivity contribution in [1.29, 1.82) is 0 Å². The molecule has 0 unspecified atom stereocenters. The molecule has 1 aliphatic carbocycles. The van der Waals surface area contributed by atoms with Crippen molar-refractivity contribution in [2.45, 2.75) is 32.9 Å². The van der Waals surface area contributed by atoms with E-state index in [0.717, 1.165) is 30.5 Å². The van der Waals surface area contributed by atoms with Crippen molar-refractivity contribution in [1.82, 2.24) is 14.5 Å². The Balaban J connectivity index is 1.65. The molecule has 1 saturated carbocycles. The van der Waals surface area contributed by atoms with E-state index in [-0.39, 0.29) is 0 Å². The van der Waals surface area contributed by atoms with Crippen LogP contribution in [-0.4, -0.2) is 21.6 Å². The van der Waals surface area contributed by atoms with E-state index in [1.165, 1.54) is 18.4 Å². The quantitative estimate of drug-likeness (QED) is 0.878. The second kappa shape index (κ2) is 5.53. The molecule has 106 valence electrons. The number of pyridine rings is 1. The number of nitrogens with zero attached hydrogens (tertiary/aromatic N) is 3. The van der Waals surface area contributed by atoms with Gasteiger partial charge < -0.3 is 14.6 Å². The standard InChI is InChI=1S/C15H20N4O/c1-11-7-14(20-2)17-8-13(11)9-18-15-16-5-6-19(15)10-12-3-4-12/h5-8,12H,3-4,9-10H2,1-2H3,(H,16,18). The number of hydrogen-bond acceptors (Lipinski definition) is 4. The van der Waals surface area contributed by atoms with E-state index in [9.17, 15) is 0 Å². The highest BCUT2D eigenvalue weighted by atomic mass is 16.5. The molecule has 0 spiro atoms. The molecule has 0 amide bonds. The van der Waals surface area contributed by atoms with Gasteiger partial charge in [0, 0.05) is 37.7 Å². The minimum absolute atomic E-state index is 0.654. The maximum atomic E-state index is 5.12. The number of methoxy groups -OCH3 is 1. The van der Waals surface area contributed by atoms with Crippen LogP contribution in [0.15, 0.2) is 24.7 Å². The highest BCUT2D eigenvalue weighted by Crippen LogP contribution is 2.31. The van der Waals surface area contributed by atoms with Crippen molar-refractivity contribution >= 4 is 5.95 Å². The molecule has 2 aromatic heterocycles. The number of ether oxygens (including phenoxy) is 1. The van der Waals surface area contributed by atoms with Crippen LogP contribution >= 0.6 is 0 Å². The minimum Gasteiger partial charge on any atom is -0.481 e. The first-order chi connectivity index (χ1) is 9.76. The monoisotopic (exact) mass is 272 g/mol. The lowest BCUT2D eigenvalue weighted by Gasteiger charge is -2.11. The molecule has 0 aliphatic heterocycles. The molecule has 1 N–H and O–H groups in total. The lowest BCUT2D eigenvalue weighted by molar-refractivity contribution is 0.397. The van der Waals surface area contributed by atoms with Crippen LogP contribution in [0.25, 0.3) is 0 Å². The largest absolute Gasteiger partial charge is 0.481 e. The average molecular weight is 272 g/mol. The third-order valence-electron chi connectivity index (χ3n) is 3.71. The van der Waals surface area contributed by atoms with Crippen molar-refractivity contribution in [3.63, 3.8) is 0 Å². The number of hydrogen-bond donors (Lipinski definition) is 1. The highest BCUT2D eigenvalue weighted by Gasteiger charge is 2.22. The van der Waals surface area contributed by atoms with Crippen molar-refractivity contribution in [3.05, 3.63) is 35.8 Å². The highest BCUT2D eigenvalue weighted by molar-refractivity contribution is 5.33. The van der Waals surface area contributed by atoms with Crippen LogP contribution < -0.4 is 10.1 Å². The molecule has 5 nitrogen and oxygen atoms in total. The van der Waals surface area contributed by atoms with Gasteiger partial charge in [-0.2, -0.15) is 0 Å². The summed E-state index contributed by atoms with van der Waals surface area (Å²) in [5.41, 5.74) is 2.33. The maximum absolute atomic E-state index is 5.12. The number of anilines is 1. The van der Waals surface area contributed by atoms with Gasteiger partial charge in [0.2, 0.25) is 11.8 Å². The summed E-state index contributed by atoms with van der Waals surface area (Å²) in [4.78, 5) is 8.63. The van der Waals surface area contributed by atoms with Crippen LogP contribution in [0, 0.1) is 12.8 Å². The molecule has 0 saturated heterocycles. The molecule has 2 heterocycles. The lowest BCUT2D eigenvalue weighted by atomic mass is 10.1. The van der Waals surface area contributed by atoms with Gasteiger partial charge in [-0.05, 0) is 36.8 Å². The molecule has 0 bridgehead atoms. The summed E-state index contributed by atoms with van der Waals surface area (Å²) in [5.74, 6) is 2.43. The van der Waals surface area contributed by atoms with Crippen molar-refractivity contribution in [3.8, 4) is 5.88 Å². The van der Waals surface area contributed by atoms with Gasteiger partial charge in [-0.15, -0.1) is 0 Å². The molecule has 20 heavy (non-hydrogen) atoms. The SMILES string of the molecule is COc1cc(C)c(CNc2nccn2CC2CC2)cn1. The Morgan fingerprint density at radius 2 is 2.25 bits per heavy atom. The fraction of sp³-hybridized carbons (Fsp3) is 0.467. The molecular weight excluding hydrogens is 252 g/mol. The van der Waals surface area contributed by atoms with Gasteiger partial charge in [0.15, 0.2) is 0 Å². The van der Waals surface area contributed by atoms with E-state index in [0.29, 0.717) is 5.88 Å². The third-order valence-corrected chi connectivity index (χ3v) is 3.71. The summed E-state index contributed by atoms with van der Waals surface area (Å²) in [6.07, 6.45) is 8.44. The van der Waals surface area contributed by atoms with E-state index in [1.807, 2.05) is 24.7 Å². The Bertz CT molecular complexity index is 589. The molecule has 3 rings (SSSR count). The molecule has 0 aromatic carbocycles. The predicted octanol–water partition coefficient (Wildman–Crippen LogP) is 2.62. The summed E-state index contributed by atoms with van der Waals surface area (Å²) < 4.78 is 7.32. The minimum atomic E-state index is 0.654. The zero-order chi connectivity index (χ0) is 13.9. The Morgan fingerprint density at radius 3 is 2.95 bits per heavy atom. The van der Waals surface area contributed by atoms with Crippen molar-refractivity contribution in [2.75, 3.05) is 12.4 Å². The molecule has 1 fully saturated rings. The topological polar surface area (TPSA) is 52.0 Å². The Kier molecular flexibility index (Phi) is 3.58.